The molecule has 0 saturated carbocycles. The normalized spacial score (nSPS) is 15.8. The molecule has 0 spiro atoms. The summed E-state index contributed by atoms with van der Waals surface area (Å²) in [5.74, 6) is 1.82. The Morgan fingerprint density at radius 2 is 1.94 bits per heavy atom. The number of hydrogen-bond donors (Lipinski definition) is 0. The Bertz CT molecular complexity index is 371. The predicted molar refractivity (Wildman–Crippen MR) is 73.7 cm³/mol. The second kappa shape index (κ2) is 4.70. The highest BCUT2D eigenvalue weighted by atomic mass is 32.2. The van der Waals surface area contributed by atoms with E-state index in [9.17, 15) is 0 Å². The van der Waals surface area contributed by atoms with E-state index in [1.54, 1.807) is 0 Å². The molecule has 0 aliphatic carbocycles. The first kappa shape index (κ1) is 11.8. The van der Waals surface area contributed by atoms with Gasteiger partial charge in [-0.25, -0.2) is 0 Å². The Hall–Kier alpha value is -0.630. The van der Waals surface area contributed by atoms with E-state index in [1.165, 1.54) is 28.4 Å². The highest BCUT2D eigenvalue weighted by Crippen LogP contribution is 2.40. The molecule has 88 valence electrons. The van der Waals surface area contributed by atoms with E-state index in [0.717, 1.165) is 0 Å². The number of para-hydroxylation sites is 1. The van der Waals surface area contributed by atoms with Crippen LogP contribution >= 0.6 is 11.8 Å². The smallest absolute Gasteiger partial charge is 0.0542 e. The van der Waals surface area contributed by atoms with E-state index in [-0.39, 0.29) is 0 Å². The zero-order valence-corrected chi connectivity index (χ0v) is 11.5. The summed E-state index contributed by atoms with van der Waals surface area (Å²) >= 11 is 2.00. The van der Waals surface area contributed by atoms with Crippen LogP contribution in [0.3, 0.4) is 0 Å². The number of rotatable bonds is 2. The average molecular weight is 235 g/mol. The van der Waals surface area contributed by atoms with Gasteiger partial charge in [0.1, 0.15) is 0 Å². The van der Waals surface area contributed by atoms with E-state index in [1.807, 2.05) is 11.8 Å². The lowest BCUT2D eigenvalue weighted by atomic mass is 9.99. The predicted octanol–water partition coefficient (Wildman–Crippen LogP) is 4.13. The maximum Gasteiger partial charge on any atom is 0.0542 e. The first-order valence-electron chi connectivity index (χ1n) is 6.13. The molecule has 0 fully saturated rings. The van der Waals surface area contributed by atoms with Crippen LogP contribution in [0, 0.1) is 0 Å². The molecule has 0 amide bonds. The Labute approximate surface area is 103 Å². The highest BCUT2D eigenvalue weighted by Gasteiger charge is 2.23. The lowest BCUT2D eigenvalue weighted by Crippen LogP contribution is -2.36. The summed E-state index contributed by atoms with van der Waals surface area (Å²) in [5, 5.41) is 0. The van der Waals surface area contributed by atoms with E-state index in [0.29, 0.717) is 12.0 Å². The number of nitrogens with zero attached hydrogens (tertiary/aromatic N) is 1. The van der Waals surface area contributed by atoms with E-state index in [4.69, 9.17) is 0 Å². The summed E-state index contributed by atoms with van der Waals surface area (Å²) in [7, 11) is 0. The van der Waals surface area contributed by atoms with Gasteiger partial charge in [0, 0.05) is 23.2 Å². The highest BCUT2D eigenvalue weighted by molar-refractivity contribution is 7.99. The van der Waals surface area contributed by atoms with E-state index >= 15 is 0 Å². The quantitative estimate of drug-likeness (QED) is 0.758. The largest absolute Gasteiger partial charge is 0.367 e. The minimum atomic E-state index is 0.597. The molecule has 0 aromatic heterocycles. The van der Waals surface area contributed by atoms with Crippen LogP contribution in [0.2, 0.25) is 0 Å². The molecule has 2 heteroatoms. The first-order valence-corrected chi connectivity index (χ1v) is 7.12. The van der Waals surface area contributed by atoms with Gasteiger partial charge in [-0.15, -0.1) is 11.8 Å². The van der Waals surface area contributed by atoms with Crippen molar-refractivity contribution in [1.82, 2.24) is 0 Å². The number of hydrogen-bond acceptors (Lipinski definition) is 2. The topological polar surface area (TPSA) is 3.24 Å². The van der Waals surface area contributed by atoms with Crippen molar-refractivity contribution in [2.24, 2.45) is 0 Å². The maximum absolute atomic E-state index is 2.56. The number of fused-ring (bicyclic) bond motifs is 1. The Morgan fingerprint density at radius 1 is 1.19 bits per heavy atom. The third-order valence-electron chi connectivity index (χ3n) is 3.15. The van der Waals surface area contributed by atoms with Crippen molar-refractivity contribution in [3.05, 3.63) is 23.8 Å². The molecule has 2 rings (SSSR count). The standard InChI is InChI=1S/C14H21NS/c1-10(2)12-6-5-7-13-14(12)15(11(3)4)8-9-16-13/h5-7,10-11H,8-9H2,1-4H3. The van der Waals surface area contributed by atoms with Crippen molar-refractivity contribution in [2.75, 3.05) is 17.2 Å². The molecule has 1 aliphatic rings. The molecule has 1 aromatic rings. The van der Waals surface area contributed by atoms with Crippen LogP contribution in [0.15, 0.2) is 23.1 Å². The van der Waals surface area contributed by atoms with Crippen LogP contribution in [0.25, 0.3) is 0 Å². The van der Waals surface area contributed by atoms with Crippen molar-refractivity contribution < 1.29 is 0 Å². The molecule has 1 heterocycles. The summed E-state index contributed by atoms with van der Waals surface area (Å²) in [5.41, 5.74) is 2.99. The summed E-state index contributed by atoms with van der Waals surface area (Å²) < 4.78 is 0. The van der Waals surface area contributed by atoms with Crippen LogP contribution < -0.4 is 4.90 Å². The molecule has 0 atom stereocenters. The van der Waals surface area contributed by atoms with Gasteiger partial charge in [0.15, 0.2) is 0 Å². The molecule has 0 bridgehead atoms. The molecule has 1 nitrogen and oxygen atoms in total. The summed E-state index contributed by atoms with van der Waals surface area (Å²) in [6.45, 7) is 10.3. The summed E-state index contributed by atoms with van der Waals surface area (Å²) in [6.07, 6.45) is 0. The van der Waals surface area contributed by atoms with Crippen molar-refractivity contribution >= 4 is 17.4 Å². The fourth-order valence-corrected chi connectivity index (χ4v) is 3.37. The van der Waals surface area contributed by atoms with Crippen LogP contribution in [0.1, 0.15) is 39.2 Å². The second-order valence-corrected chi connectivity index (χ2v) is 6.12. The Kier molecular flexibility index (Phi) is 3.48. The fourth-order valence-electron chi connectivity index (χ4n) is 2.31. The van der Waals surface area contributed by atoms with Crippen molar-refractivity contribution in [1.29, 1.82) is 0 Å². The molecule has 0 saturated heterocycles. The van der Waals surface area contributed by atoms with Gasteiger partial charge >= 0.3 is 0 Å². The molecule has 1 aromatic carbocycles. The molecular formula is C14H21NS. The second-order valence-electron chi connectivity index (χ2n) is 4.98. The molecule has 16 heavy (non-hydrogen) atoms. The molecule has 1 aliphatic heterocycles. The van der Waals surface area contributed by atoms with E-state index in [2.05, 4.69) is 50.8 Å². The van der Waals surface area contributed by atoms with Crippen LogP contribution in [-0.2, 0) is 0 Å². The average Bonchev–Trinajstić information content (AvgIpc) is 2.27. The SMILES string of the molecule is CC(C)c1cccc2c1N(C(C)C)CCS2. The minimum Gasteiger partial charge on any atom is -0.367 e. The van der Waals surface area contributed by atoms with Gasteiger partial charge in [-0.05, 0) is 31.4 Å². The summed E-state index contributed by atoms with van der Waals surface area (Å²) in [4.78, 5) is 4.02. The molecular weight excluding hydrogens is 214 g/mol. The Balaban J connectivity index is 2.51. The lowest BCUT2D eigenvalue weighted by Gasteiger charge is -2.36. The number of anilines is 1. The monoisotopic (exact) mass is 235 g/mol. The van der Waals surface area contributed by atoms with Crippen molar-refractivity contribution in [3.8, 4) is 0 Å². The van der Waals surface area contributed by atoms with Gasteiger partial charge < -0.3 is 4.90 Å². The fraction of sp³-hybridized carbons (Fsp3) is 0.571. The maximum atomic E-state index is 2.56. The third kappa shape index (κ3) is 2.08. The first-order chi connectivity index (χ1) is 7.61. The van der Waals surface area contributed by atoms with Crippen molar-refractivity contribution in [3.63, 3.8) is 0 Å². The zero-order valence-electron chi connectivity index (χ0n) is 10.7. The Morgan fingerprint density at radius 3 is 2.56 bits per heavy atom. The van der Waals surface area contributed by atoms with Crippen molar-refractivity contribution in [2.45, 2.75) is 44.6 Å². The number of benzene rings is 1. The van der Waals surface area contributed by atoms with Crippen LogP contribution in [-0.4, -0.2) is 18.3 Å². The number of thioether (sulfide) groups is 1. The van der Waals surface area contributed by atoms with Gasteiger partial charge in [-0.2, -0.15) is 0 Å². The van der Waals surface area contributed by atoms with Gasteiger partial charge in [-0.3, -0.25) is 0 Å². The van der Waals surface area contributed by atoms with Crippen LogP contribution in [0.4, 0.5) is 5.69 Å². The van der Waals surface area contributed by atoms with Gasteiger partial charge in [-0.1, -0.05) is 26.0 Å². The van der Waals surface area contributed by atoms with Gasteiger partial charge in [0.2, 0.25) is 0 Å². The van der Waals surface area contributed by atoms with E-state index < -0.39 is 0 Å². The molecule has 0 unspecified atom stereocenters. The third-order valence-corrected chi connectivity index (χ3v) is 4.18. The van der Waals surface area contributed by atoms with Crippen LogP contribution in [0.5, 0.6) is 0 Å². The van der Waals surface area contributed by atoms with Gasteiger partial charge in [0.25, 0.3) is 0 Å². The summed E-state index contributed by atoms with van der Waals surface area (Å²) in [6, 6.07) is 7.34. The zero-order chi connectivity index (χ0) is 11.7. The lowest BCUT2D eigenvalue weighted by molar-refractivity contribution is 0.685. The molecule has 0 N–H and O–H groups in total. The minimum absolute atomic E-state index is 0.597. The molecule has 0 radical (unpaired) electrons. The van der Waals surface area contributed by atoms with Gasteiger partial charge in [0.05, 0.1) is 5.69 Å².